The lowest BCUT2D eigenvalue weighted by Gasteiger charge is -2.11. The maximum atomic E-state index is 10.5. The third-order valence-corrected chi connectivity index (χ3v) is 2.39. The minimum absolute atomic E-state index is 0.0293. The molecule has 0 aliphatic carbocycles. The van der Waals surface area contributed by atoms with E-state index in [0.717, 1.165) is 25.7 Å². The van der Waals surface area contributed by atoms with E-state index in [0.29, 0.717) is 6.42 Å². The predicted octanol–water partition coefficient (Wildman–Crippen LogP) is 2.52. The number of carbonyl (C=O) groups is 2. The van der Waals surface area contributed by atoms with Crippen molar-refractivity contribution in [1.29, 1.82) is 0 Å². The molecule has 0 rings (SSSR count). The van der Waals surface area contributed by atoms with Gasteiger partial charge in [0.25, 0.3) is 0 Å². The Kier molecular flexibility index (Phi) is 7.68. The molecule has 4 nitrogen and oxygen atoms in total. The molecule has 0 saturated heterocycles. The number of unbranched alkanes of at least 4 members (excludes halogenated alkanes) is 3. The highest BCUT2D eigenvalue weighted by atomic mass is 16.4. The van der Waals surface area contributed by atoms with E-state index in [1.807, 2.05) is 0 Å². The van der Waals surface area contributed by atoms with Crippen molar-refractivity contribution in [3.8, 4) is 0 Å². The molecule has 4 heteroatoms. The molecule has 2 N–H and O–H groups in total. The molecule has 0 aliphatic heterocycles. The van der Waals surface area contributed by atoms with Crippen molar-refractivity contribution in [3.05, 3.63) is 0 Å². The summed E-state index contributed by atoms with van der Waals surface area (Å²) in [6.45, 7) is 2.10. The highest BCUT2D eigenvalue weighted by molar-refractivity contribution is 5.70. The van der Waals surface area contributed by atoms with Crippen molar-refractivity contribution < 1.29 is 19.8 Å². The first kappa shape index (κ1) is 13.9. The Balaban J connectivity index is 3.79. The van der Waals surface area contributed by atoms with Gasteiger partial charge < -0.3 is 10.2 Å². The summed E-state index contributed by atoms with van der Waals surface area (Å²) < 4.78 is 0. The number of rotatable bonds is 9. The summed E-state index contributed by atoms with van der Waals surface area (Å²) in [6, 6.07) is 0. The van der Waals surface area contributed by atoms with E-state index in [2.05, 4.69) is 6.92 Å². The molecule has 0 bridgehead atoms. The van der Waals surface area contributed by atoms with Gasteiger partial charge in [-0.1, -0.05) is 32.6 Å². The van der Waals surface area contributed by atoms with E-state index in [1.54, 1.807) is 0 Å². The second kappa shape index (κ2) is 8.26. The second-order valence-electron chi connectivity index (χ2n) is 3.91. The van der Waals surface area contributed by atoms with Crippen LogP contribution in [0.4, 0.5) is 0 Å². The van der Waals surface area contributed by atoms with Gasteiger partial charge in [0.15, 0.2) is 0 Å². The molecule has 15 heavy (non-hydrogen) atoms. The molecule has 0 fully saturated rings. The normalized spacial score (nSPS) is 10.5. The van der Waals surface area contributed by atoms with Gasteiger partial charge in [-0.3, -0.25) is 9.59 Å². The van der Waals surface area contributed by atoms with Crippen LogP contribution in [0.1, 0.15) is 51.9 Å². The van der Waals surface area contributed by atoms with Crippen LogP contribution in [0.25, 0.3) is 0 Å². The van der Waals surface area contributed by atoms with Gasteiger partial charge >= 0.3 is 11.9 Å². The third-order valence-electron chi connectivity index (χ3n) is 2.39. The first-order chi connectivity index (χ1) is 7.06. The zero-order chi connectivity index (χ0) is 11.7. The zero-order valence-corrected chi connectivity index (χ0v) is 9.24. The summed E-state index contributed by atoms with van der Waals surface area (Å²) in [5.74, 6) is -2.02. The van der Waals surface area contributed by atoms with Crippen LogP contribution in [0.15, 0.2) is 0 Å². The molecule has 0 aromatic heterocycles. The van der Waals surface area contributed by atoms with Crippen LogP contribution in [0, 0.1) is 5.92 Å². The lowest BCUT2D eigenvalue weighted by Crippen LogP contribution is -2.12. The minimum atomic E-state index is -0.906. The Labute approximate surface area is 90.3 Å². The number of carboxylic acid groups (broad SMARTS) is 2. The van der Waals surface area contributed by atoms with E-state index in [1.165, 1.54) is 0 Å². The fourth-order valence-electron chi connectivity index (χ4n) is 1.63. The van der Waals surface area contributed by atoms with E-state index >= 15 is 0 Å². The monoisotopic (exact) mass is 216 g/mol. The Bertz CT molecular complexity index is 185. The summed E-state index contributed by atoms with van der Waals surface area (Å²) in [4.78, 5) is 21.0. The Morgan fingerprint density at radius 1 is 1.00 bits per heavy atom. The van der Waals surface area contributed by atoms with Gasteiger partial charge in [-0.15, -0.1) is 0 Å². The zero-order valence-electron chi connectivity index (χ0n) is 9.24. The van der Waals surface area contributed by atoms with Gasteiger partial charge in [0.2, 0.25) is 0 Å². The third kappa shape index (κ3) is 9.25. The van der Waals surface area contributed by atoms with Crippen molar-refractivity contribution >= 4 is 11.9 Å². The number of carboxylic acids is 2. The molecule has 0 unspecified atom stereocenters. The lowest BCUT2D eigenvalue weighted by atomic mass is 9.94. The van der Waals surface area contributed by atoms with E-state index in [9.17, 15) is 9.59 Å². The van der Waals surface area contributed by atoms with Crippen LogP contribution < -0.4 is 0 Å². The van der Waals surface area contributed by atoms with Gasteiger partial charge in [-0.05, 0) is 12.3 Å². The minimum Gasteiger partial charge on any atom is -0.481 e. The fraction of sp³-hybridized carbons (Fsp3) is 0.818. The predicted molar refractivity (Wildman–Crippen MR) is 56.8 cm³/mol. The molecule has 0 saturated carbocycles. The van der Waals surface area contributed by atoms with E-state index in [4.69, 9.17) is 10.2 Å². The number of aliphatic carboxylic acids is 2. The Hall–Kier alpha value is -1.06. The van der Waals surface area contributed by atoms with Gasteiger partial charge in [0.1, 0.15) is 0 Å². The molecule has 0 atom stereocenters. The van der Waals surface area contributed by atoms with Crippen molar-refractivity contribution in [1.82, 2.24) is 0 Å². The average molecular weight is 216 g/mol. The van der Waals surface area contributed by atoms with Crippen LogP contribution in [0.3, 0.4) is 0 Å². The number of hydrogen-bond donors (Lipinski definition) is 2. The molecule has 0 aromatic carbocycles. The maximum Gasteiger partial charge on any atom is 0.303 e. The molecule has 0 heterocycles. The lowest BCUT2D eigenvalue weighted by molar-refractivity contribution is -0.140. The molecule has 88 valence electrons. The first-order valence-corrected chi connectivity index (χ1v) is 5.49. The van der Waals surface area contributed by atoms with Crippen molar-refractivity contribution in [2.24, 2.45) is 5.92 Å². The molecule has 0 amide bonds. The quantitative estimate of drug-likeness (QED) is 0.581. The standard InChI is InChI=1S/C11H20O4/c1-2-3-4-5-6-9(7-10(12)13)8-11(14)15/h9H,2-8H2,1H3,(H,12,13)(H,14,15). The highest BCUT2D eigenvalue weighted by Gasteiger charge is 2.16. The fourth-order valence-corrected chi connectivity index (χ4v) is 1.63. The highest BCUT2D eigenvalue weighted by Crippen LogP contribution is 2.18. The Morgan fingerprint density at radius 2 is 1.53 bits per heavy atom. The molecule has 0 aliphatic rings. The first-order valence-electron chi connectivity index (χ1n) is 5.49. The molecule has 0 aromatic rings. The molecular formula is C11H20O4. The van der Waals surface area contributed by atoms with E-state index in [-0.39, 0.29) is 18.8 Å². The maximum absolute atomic E-state index is 10.5. The van der Waals surface area contributed by atoms with Gasteiger partial charge in [0, 0.05) is 12.8 Å². The van der Waals surface area contributed by atoms with Crippen molar-refractivity contribution in [2.75, 3.05) is 0 Å². The topological polar surface area (TPSA) is 74.6 Å². The van der Waals surface area contributed by atoms with Crippen LogP contribution in [0.5, 0.6) is 0 Å². The van der Waals surface area contributed by atoms with Crippen LogP contribution in [-0.2, 0) is 9.59 Å². The second-order valence-corrected chi connectivity index (χ2v) is 3.91. The summed E-state index contributed by atoms with van der Waals surface area (Å²) >= 11 is 0. The van der Waals surface area contributed by atoms with Gasteiger partial charge in [-0.25, -0.2) is 0 Å². The Morgan fingerprint density at radius 3 is 1.93 bits per heavy atom. The van der Waals surface area contributed by atoms with Gasteiger partial charge in [0.05, 0.1) is 0 Å². The van der Waals surface area contributed by atoms with Crippen molar-refractivity contribution in [2.45, 2.75) is 51.9 Å². The summed E-state index contributed by atoms with van der Waals surface area (Å²) in [5, 5.41) is 17.2. The van der Waals surface area contributed by atoms with Crippen LogP contribution >= 0.6 is 0 Å². The smallest absolute Gasteiger partial charge is 0.303 e. The molecule has 0 radical (unpaired) electrons. The summed E-state index contributed by atoms with van der Waals surface area (Å²) in [7, 11) is 0. The summed E-state index contributed by atoms with van der Waals surface area (Å²) in [5.41, 5.74) is 0. The van der Waals surface area contributed by atoms with Crippen molar-refractivity contribution in [3.63, 3.8) is 0 Å². The average Bonchev–Trinajstić information content (AvgIpc) is 2.10. The van der Waals surface area contributed by atoms with Crippen LogP contribution in [-0.4, -0.2) is 22.2 Å². The molecular weight excluding hydrogens is 196 g/mol. The van der Waals surface area contributed by atoms with Crippen LogP contribution in [0.2, 0.25) is 0 Å². The number of hydrogen-bond acceptors (Lipinski definition) is 2. The van der Waals surface area contributed by atoms with E-state index < -0.39 is 11.9 Å². The van der Waals surface area contributed by atoms with Gasteiger partial charge in [-0.2, -0.15) is 0 Å². The largest absolute Gasteiger partial charge is 0.481 e. The summed E-state index contributed by atoms with van der Waals surface area (Å²) in [6.07, 6.45) is 4.90. The SMILES string of the molecule is CCCCCCC(CC(=O)O)CC(=O)O. The molecule has 0 spiro atoms.